The van der Waals surface area contributed by atoms with Gasteiger partial charge in [0.2, 0.25) is 0 Å². The van der Waals surface area contributed by atoms with E-state index in [1.54, 1.807) is 57.6 Å². The number of Topliss-reactive ketones (excluding diaryl/α,β-unsaturated/α-hetero) is 1. The fourth-order valence-corrected chi connectivity index (χ4v) is 4.82. The minimum Gasteiger partial charge on any atom is -0.294 e. The molecule has 5 aromatic rings. The average molecular weight is 529 g/mol. The lowest BCUT2D eigenvalue weighted by Crippen LogP contribution is -2.27. The highest BCUT2D eigenvalue weighted by atomic mass is 16.1. The molecule has 0 N–H and O–H groups in total. The first-order valence-electron chi connectivity index (χ1n) is 12.8. The highest BCUT2D eigenvalue weighted by Gasteiger charge is 2.25. The van der Waals surface area contributed by atoms with E-state index in [2.05, 4.69) is 40.2 Å². The fraction of sp³-hybridized carbons (Fsp3) is 0.156. The Labute approximate surface area is 231 Å². The molecule has 0 fully saturated rings. The van der Waals surface area contributed by atoms with Gasteiger partial charge in [0, 0.05) is 54.9 Å². The highest BCUT2D eigenvalue weighted by molar-refractivity contribution is 6.02. The summed E-state index contributed by atoms with van der Waals surface area (Å²) < 4.78 is 4.90. The number of hydrogen-bond acceptors (Lipinski definition) is 5. The zero-order chi connectivity index (χ0) is 28.4. The minimum absolute atomic E-state index is 0.0956. The first-order chi connectivity index (χ1) is 19.3. The number of aromatic nitrogens is 6. The van der Waals surface area contributed by atoms with Crippen LogP contribution in [-0.2, 0) is 7.05 Å². The van der Waals surface area contributed by atoms with Gasteiger partial charge >= 0.3 is 0 Å². The number of aryl methyl sites for hydroxylation is 2. The van der Waals surface area contributed by atoms with Crippen LogP contribution in [0, 0.1) is 18.8 Å². The summed E-state index contributed by atoms with van der Waals surface area (Å²) in [4.78, 5) is 32.1. The van der Waals surface area contributed by atoms with E-state index in [0.717, 1.165) is 0 Å². The Kier molecular flexibility index (Phi) is 7.13. The number of allylic oxidation sites excluding steroid dienone is 1. The molecule has 0 aliphatic rings. The molecule has 40 heavy (non-hydrogen) atoms. The van der Waals surface area contributed by atoms with Crippen LogP contribution >= 0.6 is 0 Å². The Bertz CT molecular complexity index is 1900. The maximum Gasteiger partial charge on any atom is 0.264 e. The van der Waals surface area contributed by atoms with Gasteiger partial charge in [-0.15, -0.1) is 0 Å². The third kappa shape index (κ3) is 4.93. The first-order valence-corrected chi connectivity index (χ1v) is 12.8. The number of hydrogen-bond donors (Lipinski definition) is 0. The minimum atomic E-state index is -0.319. The summed E-state index contributed by atoms with van der Waals surface area (Å²) in [5, 5.41) is 8.56. The van der Waals surface area contributed by atoms with Crippen LogP contribution in [0.25, 0.3) is 23.0 Å². The van der Waals surface area contributed by atoms with Crippen LogP contribution in [-0.4, -0.2) is 34.7 Å². The molecule has 0 radical (unpaired) electrons. The van der Waals surface area contributed by atoms with E-state index < -0.39 is 0 Å². The Balaban J connectivity index is 1.60. The summed E-state index contributed by atoms with van der Waals surface area (Å²) in [6.45, 7) is 11.8. The topological polar surface area (TPSA) is 87.1 Å². The van der Waals surface area contributed by atoms with Gasteiger partial charge in [0.15, 0.2) is 11.4 Å². The third-order valence-electron chi connectivity index (χ3n) is 6.71. The van der Waals surface area contributed by atoms with Crippen LogP contribution < -0.4 is 5.56 Å². The van der Waals surface area contributed by atoms with E-state index in [1.807, 2.05) is 50.4 Å². The van der Waals surface area contributed by atoms with Crippen LogP contribution in [0.3, 0.4) is 0 Å². The zero-order valence-electron chi connectivity index (χ0n) is 22.6. The van der Waals surface area contributed by atoms with Gasteiger partial charge in [-0.2, -0.15) is 10.2 Å². The van der Waals surface area contributed by atoms with Crippen LogP contribution in [0.15, 0.2) is 85.2 Å². The number of benzene rings is 1. The van der Waals surface area contributed by atoms with Gasteiger partial charge < -0.3 is 0 Å². The van der Waals surface area contributed by atoms with Crippen LogP contribution in [0.1, 0.15) is 57.7 Å². The van der Waals surface area contributed by atoms with E-state index in [0.29, 0.717) is 50.5 Å². The summed E-state index contributed by atoms with van der Waals surface area (Å²) in [7, 11) is 1.81. The van der Waals surface area contributed by atoms with Crippen molar-refractivity contribution in [3.05, 3.63) is 124 Å². The lowest BCUT2D eigenvalue weighted by atomic mass is 9.93. The second-order valence-corrected chi connectivity index (χ2v) is 9.59. The van der Waals surface area contributed by atoms with Crippen LogP contribution in [0.2, 0.25) is 0 Å². The van der Waals surface area contributed by atoms with Crippen molar-refractivity contribution in [1.82, 2.24) is 28.9 Å². The van der Waals surface area contributed by atoms with Crippen molar-refractivity contribution in [3.63, 3.8) is 0 Å². The number of fused-ring (bicyclic) bond motifs is 1. The lowest BCUT2D eigenvalue weighted by Gasteiger charge is -2.21. The molecule has 0 aliphatic heterocycles. The van der Waals surface area contributed by atoms with Crippen molar-refractivity contribution >= 4 is 23.1 Å². The van der Waals surface area contributed by atoms with Crippen LogP contribution in [0.5, 0.6) is 0 Å². The molecule has 1 unspecified atom stereocenters. The number of rotatable bonds is 7. The quantitative estimate of drug-likeness (QED) is 0.219. The number of pyridine rings is 1. The SMILES string of the molecule is C=Cc1cc(C(C)CC(=O)c2c(C)nn3cccnc23)n(-c2ccccc2)c(=O)c1C(=C)C#Cc1cnn(C)c1. The van der Waals surface area contributed by atoms with Gasteiger partial charge in [0.25, 0.3) is 5.56 Å². The summed E-state index contributed by atoms with van der Waals surface area (Å²) in [6.07, 6.45) is 8.63. The molecule has 0 saturated heterocycles. The van der Waals surface area contributed by atoms with E-state index >= 15 is 0 Å². The second-order valence-electron chi connectivity index (χ2n) is 9.59. The molecule has 5 rings (SSSR count). The molecular weight excluding hydrogens is 500 g/mol. The Hall–Kier alpha value is -5.29. The van der Waals surface area contributed by atoms with Crippen molar-refractivity contribution in [2.75, 3.05) is 0 Å². The normalized spacial score (nSPS) is 11.6. The van der Waals surface area contributed by atoms with E-state index in [-0.39, 0.29) is 23.7 Å². The van der Waals surface area contributed by atoms with Crippen molar-refractivity contribution in [2.45, 2.75) is 26.2 Å². The van der Waals surface area contributed by atoms with E-state index in [9.17, 15) is 9.59 Å². The predicted molar refractivity (Wildman–Crippen MR) is 156 cm³/mol. The Morgan fingerprint density at radius 2 is 1.95 bits per heavy atom. The number of ketones is 1. The number of carbonyl (C=O) groups is 1. The molecule has 0 amide bonds. The maximum absolute atomic E-state index is 14.1. The monoisotopic (exact) mass is 528 g/mol. The van der Waals surface area contributed by atoms with Crippen molar-refractivity contribution in [2.24, 2.45) is 7.05 Å². The van der Waals surface area contributed by atoms with Gasteiger partial charge in [-0.1, -0.05) is 56.2 Å². The summed E-state index contributed by atoms with van der Waals surface area (Å²) in [6, 6.07) is 13.0. The molecule has 1 atom stereocenters. The first kappa shape index (κ1) is 26.3. The van der Waals surface area contributed by atoms with Gasteiger partial charge in [0.05, 0.1) is 28.6 Å². The average Bonchev–Trinajstić information content (AvgIpc) is 3.52. The molecule has 8 nitrogen and oxygen atoms in total. The Morgan fingerprint density at radius 1 is 1.18 bits per heavy atom. The van der Waals surface area contributed by atoms with Gasteiger partial charge in [0.1, 0.15) is 0 Å². The zero-order valence-corrected chi connectivity index (χ0v) is 22.6. The highest BCUT2D eigenvalue weighted by Crippen LogP contribution is 2.28. The summed E-state index contributed by atoms with van der Waals surface area (Å²) in [5.41, 5.74) is 4.75. The molecule has 1 aromatic carbocycles. The van der Waals surface area contributed by atoms with Crippen molar-refractivity contribution in [3.8, 4) is 17.5 Å². The van der Waals surface area contributed by atoms with Crippen molar-refractivity contribution in [1.29, 1.82) is 0 Å². The molecule has 0 spiro atoms. The molecular formula is C32H28N6O2. The molecule has 0 bridgehead atoms. The number of nitrogens with zero attached hydrogens (tertiary/aromatic N) is 6. The van der Waals surface area contributed by atoms with Gasteiger partial charge in [-0.05, 0) is 36.8 Å². The largest absolute Gasteiger partial charge is 0.294 e. The summed E-state index contributed by atoms with van der Waals surface area (Å²) >= 11 is 0. The van der Waals surface area contributed by atoms with Gasteiger partial charge in [-0.3, -0.25) is 18.8 Å². The molecule has 4 aromatic heterocycles. The molecule has 4 heterocycles. The third-order valence-corrected chi connectivity index (χ3v) is 6.71. The molecule has 8 heteroatoms. The number of para-hydroxylation sites is 1. The second kappa shape index (κ2) is 10.8. The standard InChI is InChI=1S/C32H28N6O2/c1-6-25-18-27(22(3)17-28(39)30-23(4)35-37-16-10-15-33-31(30)37)38(26-11-8-7-9-12-26)32(40)29(25)21(2)13-14-24-19-34-36(5)20-24/h6-12,15-16,18-20,22H,1-2,17H2,3-5H3. The maximum atomic E-state index is 14.1. The Morgan fingerprint density at radius 3 is 2.65 bits per heavy atom. The van der Waals surface area contributed by atoms with Crippen molar-refractivity contribution < 1.29 is 4.79 Å². The van der Waals surface area contributed by atoms with E-state index in [4.69, 9.17) is 0 Å². The predicted octanol–water partition coefficient (Wildman–Crippen LogP) is 5.01. The molecule has 198 valence electrons. The van der Waals surface area contributed by atoms with Gasteiger partial charge in [-0.25, -0.2) is 9.50 Å². The lowest BCUT2D eigenvalue weighted by molar-refractivity contribution is 0.0975. The summed E-state index contributed by atoms with van der Waals surface area (Å²) in [5.74, 6) is 5.63. The smallest absolute Gasteiger partial charge is 0.264 e. The van der Waals surface area contributed by atoms with Crippen LogP contribution in [0.4, 0.5) is 0 Å². The molecule has 0 saturated carbocycles. The molecule has 0 aliphatic carbocycles. The number of carbonyl (C=O) groups excluding carboxylic acids is 1. The fourth-order valence-electron chi connectivity index (χ4n) is 4.82. The van der Waals surface area contributed by atoms with E-state index in [1.165, 1.54) is 0 Å².